The summed E-state index contributed by atoms with van der Waals surface area (Å²) in [5.41, 5.74) is 3.91. The maximum Gasteiger partial charge on any atom is 0.104 e. The second-order valence-electron chi connectivity index (χ2n) is 5.01. The van der Waals surface area contributed by atoms with Gasteiger partial charge in [-0.3, -0.25) is 0 Å². The van der Waals surface area contributed by atoms with Gasteiger partial charge in [0.05, 0.1) is 0 Å². The molecule has 19 heavy (non-hydrogen) atoms. The first-order chi connectivity index (χ1) is 9.36. The molecule has 2 heteroatoms. The summed E-state index contributed by atoms with van der Waals surface area (Å²) in [6, 6.07) is 19.1. The van der Waals surface area contributed by atoms with Crippen LogP contribution in [0.3, 0.4) is 0 Å². The van der Waals surface area contributed by atoms with Crippen molar-refractivity contribution in [2.75, 3.05) is 11.4 Å². The Hall–Kier alpha value is -1.47. The first kappa shape index (κ1) is 12.6. The Balaban J connectivity index is 2.02. The second kappa shape index (κ2) is 5.66. The number of piperidine rings is 1. The maximum absolute atomic E-state index is 6.50. The molecule has 1 nitrogen and oxygen atoms in total. The zero-order valence-corrected chi connectivity index (χ0v) is 11.7. The van der Waals surface area contributed by atoms with E-state index < -0.39 is 0 Å². The lowest BCUT2D eigenvalue weighted by Gasteiger charge is -2.35. The van der Waals surface area contributed by atoms with Gasteiger partial charge in [-0.05, 0) is 30.9 Å². The fourth-order valence-corrected chi connectivity index (χ4v) is 3.11. The van der Waals surface area contributed by atoms with Gasteiger partial charge in [-0.2, -0.15) is 0 Å². The Labute approximate surface area is 119 Å². The Morgan fingerprint density at radius 3 is 2.42 bits per heavy atom. The van der Waals surface area contributed by atoms with Gasteiger partial charge in [0.15, 0.2) is 0 Å². The summed E-state index contributed by atoms with van der Waals surface area (Å²) in [7, 11) is 0. The van der Waals surface area contributed by atoms with E-state index in [4.69, 9.17) is 11.6 Å². The van der Waals surface area contributed by atoms with Gasteiger partial charge in [0.25, 0.3) is 0 Å². The molecule has 1 aliphatic rings. The molecule has 2 aromatic carbocycles. The highest BCUT2D eigenvalue weighted by molar-refractivity contribution is 6.22. The number of rotatable bonds is 2. The van der Waals surface area contributed by atoms with Crippen LogP contribution in [0.5, 0.6) is 0 Å². The lowest BCUT2D eigenvalue weighted by Crippen LogP contribution is -2.36. The van der Waals surface area contributed by atoms with Crippen molar-refractivity contribution < 1.29 is 0 Å². The van der Waals surface area contributed by atoms with Gasteiger partial charge in [0, 0.05) is 17.8 Å². The van der Waals surface area contributed by atoms with Crippen molar-refractivity contribution in [2.24, 2.45) is 0 Å². The molecule has 0 radical (unpaired) electrons. The summed E-state index contributed by atoms with van der Waals surface area (Å²) < 4.78 is 0. The van der Waals surface area contributed by atoms with Crippen LogP contribution in [-0.4, -0.2) is 12.0 Å². The third-order valence-electron chi connectivity index (χ3n) is 3.73. The highest BCUT2D eigenvalue weighted by atomic mass is 35.5. The van der Waals surface area contributed by atoms with E-state index in [9.17, 15) is 0 Å². The molecule has 1 heterocycles. The molecule has 0 amide bonds. The van der Waals surface area contributed by atoms with E-state index in [0.29, 0.717) is 0 Å². The molecule has 0 spiro atoms. The predicted molar refractivity (Wildman–Crippen MR) is 82.7 cm³/mol. The average Bonchev–Trinajstić information content (AvgIpc) is 2.49. The Bertz CT molecular complexity index is 538. The summed E-state index contributed by atoms with van der Waals surface area (Å²) >= 11 is 6.50. The Morgan fingerprint density at radius 2 is 1.63 bits per heavy atom. The maximum atomic E-state index is 6.50. The van der Waals surface area contributed by atoms with Crippen LogP contribution in [0.25, 0.3) is 11.1 Å². The zero-order valence-electron chi connectivity index (χ0n) is 10.9. The van der Waals surface area contributed by atoms with Crippen LogP contribution in [0.4, 0.5) is 5.69 Å². The van der Waals surface area contributed by atoms with E-state index >= 15 is 0 Å². The van der Waals surface area contributed by atoms with Crippen LogP contribution < -0.4 is 4.90 Å². The first-order valence-electron chi connectivity index (χ1n) is 6.91. The van der Waals surface area contributed by atoms with Crippen molar-refractivity contribution in [2.45, 2.75) is 24.8 Å². The summed E-state index contributed by atoms with van der Waals surface area (Å²) in [6.45, 7) is 1.05. The third kappa shape index (κ3) is 2.62. The number of benzene rings is 2. The Kier molecular flexibility index (Phi) is 3.74. The third-order valence-corrected chi connectivity index (χ3v) is 4.18. The summed E-state index contributed by atoms with van der Waals surface area (Å²) in [4.78, 5) is 2.34. The van der Waals surface area contributed by atoms with E-state index in [1.807, 2.05) is 0 Å². The standard InChI is InChI=1S/C17H18ClN/c18-17-12-6-7-13-19(17)16-11-5-4-10-15(16)14-8-2-1-3-9-14/h1-5,8-11,17H,6-7,12-13H2. The van der Waals surface area contributed by atoms with Crippen molar-refractivity contribution in [3.63, 3.8) is 0 Å². The molecule has 0 bridgehead atoms. The molecule has 0 N–H and O–H groups in total. The molecule has 1 aliphatic heterocycles. The number of para-hydroxylation sites is 1. The van der Waals surface area contributed by atoms with Gasteiger partial charge < -0.3 is 4.90 Å². The van der Waals surface area contributed by atoms with Crippen LogP contribution in [0.2, 0.25) is 0 Å². The highest BCUT2D eigenvalue weighted by Gasteiger charge is 2.22. The summed E-state index contributed by atoms with van der Waals surface area (Å²) in [5.74, 6) is 0. The Morgan fingerprint density at radius 1 is 0.895 bits per heavy atom. The minimum Gasteiger partial charge on any atom is -0.355 e. The lowest BCUT2D eigenvalue weighted by atomic mass is 10.0. The molecule has 1 saturated heterocycles. The van der Waals surface area contributed by atoms with Crippen molar-refractivity contribution in [1.82, 2.24) is 0 Å². The minimum absolute atomic E-state index is 0.124. The molecular formula is C17H18ClN. The van der Waals surface area contributed by atoms with Crippen LogP contribution in [0.1, 0.15) is 19.3 Å². The summed E-state index contributed by atoms with van der Waals surface area (Å²) in [5, 5.41) is 0. The topological polar surface area (TPSA) is 3.24 Å². The highest BCUT2D eigenvalue weighted by Crippen LogP contribution is 2.35. The van der Waals surface area contributed by atoms with Crippen LogP contribution in [0.15, 0.2) is 54.6 Å². The minimum atomic E-state index is 0.124. The smallest absolute Gasteiger partial charge is 0.104 e. The lowest BCUT2D eigenvalue weighted by molar-refractivity contribution is 0.546. The molecule has 0 saturated carbocycles. The molecule has 0 aromatic heterocycles. The monoisotopic (exact) mass is 271 g/mol. The van der Waals surface area contributed by atoms with Crippen molar-refractivity contribution in [1.29, 1.82) is 0 Å². The summed E-state index contributed by atoms with van der Waals surface area (Å²) in [6.07, 6.45) is 3.54. The van der Waals surface area contributed by atoms with Crippen molar-refractivity contribution >= 4 is 17.3 Å². The molecule has 98 valence electrons. The molecular weight excluding hydrogens is 254 g/mol. The normalized spacial score (nSPS) is 19.4. The number of hydrogen-bond acceptors (Lipinski definition) is 1. The van der Waals surface area contributed by atoms with Gasteiger partial charge in [-0.25, -0.2) is 0 Å². The molecule has 0 aliphatic carbocycles. The van der Waals surface area contributed by atoms with E-state index in [1.165, 1.54) is 29.7 Å². The number of hydrogen-bond donors (Lipinski definition) is 0. The van der Waals surface area contributed by atoms with Crippen LogP contribution in [0, 0.1) is 0 Å². The van der Waals surface area contributed by atoms with E-state index in [-0.39, 0.29) is 5.50 Å². The van der Waals surface area contributed by atoms with Crippen molar-refractivity contribution in [3.8, 4) is 11.1 Å². The largest absolute Gasteiger partial charge is 0.355 e. The average molecular weight is 272 g/mol. The van der Waals surface area contributed by atoms with Gasteiger partial charge in [-0.1, -0.05) is 60.1 Å². The van der Waals surface area contributed by atoms with Crippen molar-refractivity contribution in [3.05, 3.63) is 54.6 Å². The fourth-order valence-electron chi connectivity index (χ4n) is 2.75. The van der Waals surface area contributed by atoms with Crippen LogP contribution in [-0.2, 0) is 0 Å². The number of anilines is 1. The number of nitrogens with zero attached hydrogens (tertiary/aromatic N) is 1. The molecule has 1 unspecified atom stereocenters. The van der Waals surface area contributed by atoms with Gasteiger partial charge in [-0.15, -0.1) is 0 Å². The molecule has 1 fully saturated rings. The van der Waals surface area contributed by atoms with Crippen LogP contribution >= 0.6 is 11.6 Å². The quantitative estimate of drug-likeness (QED) is 0.554. The first-order valence-corrected chi connectivity index (χ1v) is 7.35. The van der Waals surface area contributed by atoms with E-state index in [2.05, 4.69) is 59.5 Å². The molecule has 1 atom stereocenters. The number of alkyl halides is 1. The van der Waals surface area contributed by atoms with Gasteiger partial charge in [0.1, 0.15) is 5.50 Å². The van der Waals surface area contributed by atoms with E-state index in [0.717, 1.165) is 13.0 Å². The van der Waals surface area contributed by atoms with Gasteiger partial charge >= 0.3 is 0 Å². The number of halogens is 1. The SMILES string of the molecule is ClC1CCCCN1c1ccccc1-c1ccccc1. The second-order valence-corrected chi connectivity index (χ2v) is 5.51. The predicted octanol–water partition coefficient (Wildman–Crippen LogP) is 4.91. The fraction of sp³-hybridized carbons (Fsp3) is 0.294. The molecule has 2 aromatic rings. The zero-order chi connectivity index (χ0) is 13.1. The van der Waals surface area contributed by atoms with E-state index in [1.54, 1.807) is 0 Å². The molecule has 3 rings (SSSR count). The van der Waals surface area contributed by atoms with Gasteiger partial charge in [0.2, 0.25) is 0 Å².